The van der Waals surface area contributed by atoms with E-state index in [1.54, 1.807) is 6.07 Å². The summed E-state index contributed by atoms with van der Waals surface area (Å²) in [7, 11) is -1.80. The predicted molar refractivity (Wildman–Crippen MR) is 52.6 cm³/mol. The van der Waals surface area contributed by atoms with E-state index in [1.807, 2.05) is 13.8 Å². The van der Waals surface area contributed by atoms with Gasteiger partial charge in [0.15, 0.2) is 0 Å². The van der Waals surface area contributed by atoms with Crippen molar-refractivity contribution in [1.29, 1.82) is 0 Å². The summed E-state index contributed by atoms with van der Waals surface area (Å²) >= 11 is 0. The van der Waals surface area contributed by atoms with E-state index in [1.165, 1.54) is 6.07 Å². The first-order valence-corrected chi connectivity index (χ1v) is 4.52. The van der Waals surface area contributed by atoms with Crippen LogP contribution < -0.4 is 5.46 Å². The Balaban J connectivity index is 2.89. The minimum Gasteiger partial charge on any atom is -0.423 e. The Morgan fingerprint density at radius 2 is 2.07 bits per heavy atom. The van der Waals surface area contributed by atoms with Crippen LogP contribution in [0.15, 0.2) is 12.1 Å². The molecule has 3 nitrogen and oxygen atoms in total. The molecule has 0 aliphatic heterocycles. The van der Waals surface area contributed by atoms with Crippen molar-refractivity contribution < 1.29 is 14.4 Å². The van der Waals surface area contributed by atoms with Crippen LogP contribution in [0.3, 0.4) is 0 Å². The molecule has 0 unspecified atom stereocenters. The van der Waals surface area contributed by atoms with Gasteiger partial charge in [-0.2, -0.15) is 4.39 Å². The van der Waals surface area contributed by atoms with E-state index in [-0.39, 0.29) is 5.46 Å². The van der Waals surface area contributed by atoms with Crippen LogP contribution in [0, 0.1) is 11.9 Å². The quantitative estimate of drug-likeness (QED) is 0.533. The largest absolute Gasteiger partial charge is 0.493 e. The minimum absolute atomic E-state index is 0.183. The molecule has 0 atom stereocenters. The third-order valence-corrected chi connectivity index (χ3v) is 1.83. The highest BCUT2D eigenvalue weighted by Gasteiger charge is 2.17. The van der Waals surface area contributed by atoms with E-state index >= 15 is 0 Å². The molecule has 14 heavy (non-hydrogen) atoms. The number of hydrogen-bond donors (Lipinski definition) is 2. The summed E-state index contributed by atoms with van der Waals surface area (Å²) in [5, 5.41) is 17.5. The van der Waals surface area contributed by atoms with E-state index in [0.29, 0.717) is 18.0 Å². The Morgan fingerprint density at radius 3 is 2.50 bits per heavy atom. The van der Waals surface area contributed by atoms with Gasteiger partial charge in [0.05, 0.1) is 0 Å². The molecule has 0 fully saturated rings. The topological polar surface area (TPSA) is 53.4 Å². The van der Waals surface area contributed by atoms with E-state index < -0.39 is 13.1 Å². The zero-order valence-corrected chi connectivity index (χ0v) is 8.24. The van der Waals surface area contributed by atoms with Crippen LogP contribution >= 0.6 is 0 Å². The van der Waals surface area contributed by atoms with Gasteiger partial charge in [-0.1, -0.05) is 19.9 Å². The zero-order chi connectivity index (χ0) is 10.7. The molecule has 0 spiro atoms. The maximum Gasteiger partial charge on any atom is 0.493 e. The van der Waals surface area contributed by atoms with Crippen molar-refractivity contribution in [1.82, 2.24) is 4.98 Å². The smallest absolute Gasteiger partial charge is 0.423 e. The molecule has 0 radical (unpaired) electrons. The summed E-state index contributed by atoms with van der Waals surface area (Å²) in [4.78, 5) is 3.65. The second-order valence-corrected chi connectivity index (χ2v) is 3.65. The van der Waals surface area contributed by atoms with Gasteiger partial charge in [0.2, 0.25) is 5.95 Å². The molecule has 0 bridgehead atoms. The predicted octanol–water partition coefficient (Wildman–Crippen LogP) is 0.0990. The molecule has 0 saturated carbocycles. The number of nitrogens with zero attached hydrogens (tertiary/aromatic N) is 1. The molecule has 1 rings (SSSR count). The lowest BCUT2D eigenvalue weighted by Gasteiger charge is -2.06. The van der Waals surface area contributed by atoms with Crippen LogP contribution in [0.5, 0.6) is 0 Å². The first kappa shape index (κ1) is 11.1. The molecule has 5 heteroatoms. The van der Waals surface area contributed by atoms with Crippen molar-refractivity contribution in [3.8, 4) is 0 Å². The van der Waals surface area contributed by atoms with Gasteiger partial charge in [0.25, 0.3) is 0 Å². The van der Waals surface area contributed by atoms with Crippen LogP contribution in [-0.2, 0) is 6.42 Å². The summed E-state index contributed by atoms with van der Waals surface area (Å²) < 4.78 is 13.1. The molecular weight excluding hydrogens is 184 g/mol. The summed E-state index contributed by atoms with van der Waals surface area (Å²) in [5.41, 5.74) is 0.444. The summed E-state index contributed by atoms with van der Waals surface area (Å²) in [6.07, 6.45) is 0.679. The second kappa shape index (κ2) is 4.53. The van der Waals surface area contributed by atoms with E-state index in [2.05, 4.69) is 4.98 Å². The van der Waals surface area contributed by atoms with Crippen molar-refractivity contribution in [2.75, 3.05) is 0 Å². The maximum absolute atomic E-state index is 13.1. The maximum atomic E-state index is 13.1. The molecular formula is C9H13BFNO2. The monoisotopic (exact) mass is 197 g/mol. The number of halogens is 1. The van der Waals surface area contributed by atoms with Crippen molar-refractivity contribution in [2.45, 2.75) is 20.3 Å². The molecule has 0 aliphatic carbocycles. The molecule has 1 aromatic rings. The normalized spacial score (nSPS) is 10.7. The zero-order valence-electron chi connectivity index (χ0n) is 8.24. The number of rotatable bonds is 3. The average Bonchev–Trinajstić information content (AvgIpc) is 2.01. The second-order valence-electron chi connectivity index (χ2n) is 3.65. The van der Waals surface area contributed by atoms with Gasteiger partial charge in [0, 0.05) is 11.2 Å². The molecule has 0 aromatic carbocycles. The van der Waals surface area contributed by atoms with Crippen molar-refractivity contribution in [2.24, 2.45) is 5.92 Å². The lowest BCUT2D eigenvalue weighted by Crippen LogP contribution is -2.33. The van der Waals surface area contributed by atoms with Crippen LogP contribution in [-0.4, -0.2) is 22.2 Å². The fourth-order valence-electron chi connectivity index (χ4n) is 1.21. The van der Waals surface area contributed by atoms with Crippen LogP contribution in [0.2, 0.25) is 0 Å². The SMILES string of the molecule is CC(C)Cc1ccc(B(O)O)c(F)n1. The molecule has 0 saturated heterocycles. The van der Waals surface area contributed by atoms with Gasteiger partial charge in [-0.3, -0.25) is 0 Å². The lowest BCUT2D eigenvalue weighted by molar-refractivity contribution is 0.421. The van der Waals surface area contributed by atoms with Crippen LogP contribution in [0.25, 0.3) is 0 Å². The van der Waals surface area contributed by atoms with Crippen molar-refractivity contribution in [3.63, 3.8) is 0 Å². The van der Waals surface area contributed by atoms with Gasteiger partial charge in [-0.25, -0.2) is 4.98 Å². The fourth-order valence-corrected chi connectivity index (χ4v) is 1.21. The summed E-state index contributed by atoms with van der Waals surface area (Å²) in [6.45, 7) is 4.02. The Morgan fingerprint density at radius 1 is 1.43 bits per heavy atom. The van der Waals surface area contributed by atoms with Crippen LogP contribution in [0.1, 0.15) is 19.5 Å². The van der Waals surface area contributed by atoms with Gasteiger partial charge in [-0.05, 0) is 18.4 Å². The van der Waals surface area contributed by atoms with Gasteiger partial charge in [0.1, 0.15) is 0 Å². The average molecular weight is 197 g/mol. The van der Waals surface area contributed by atoms with Gasteiger partial charge in [-0.15, -0.1) is 0 Å². The third kappa shape index (κ3) is 2.78. The van der Waals surface area contributed by atoms with Crippen molar-refractivity contribution in [3.05, 3.63) is 23.8 Å². The van der Waals surface area contributed by atoms with E-state index in [4.69, 9.17) is 10.0 Å². The third-order valence-electron chi connectivity index (χ3n) is 1.83. The molecule has 76 valence electrons. The van der Waals surface area contributed by atoms with Crippen molar-refractivity contribution >= 4 is 12.6 Å². The molecule has 0 aliphatic rings. The molecule has 1 aromatic heterocycles. The highest BCUT2D eigenvalue weighted by atomic mass is 19.1. The van der Waals surface area contributed by atoms with Crippen LogP contribution in [0.4, 0.5) is 4.39 Å². The van der Waals surface area contributed by atoms with E-state index in [9.17, 15) is 4.39 Å². The first-order chi connectivity index (χ1) is 6.50. The number of hydrogen-bond acceptors (Lipinski definition) is 3. The van der Waals surface area contributed by atoms with Gasteiger partial charge < -0.3 is 10.0 Å². The Hall–Kier alpha value is -0.935. The molecule has 1 heterocycles. The highest BCUT2D eigenvalue weighted by Crippen LogP contribution is 2.04. The Labute approximate surface area is 82.8 Å². The van der Waals surface area contributed by atoms with Gasteiger partial charge >= 0.3 is 7.12 Å². The van der Waals surface area contributed by atoms with E-state index in [0.717, 1.165) is 0 Å². The summed E-state index contributed by atoms with van der Waals surface area (Å²) in [6, 6.07) is 2.96. The lowest BCUT2D eigenvalue weighted by atomic mass is 9.81. The molecule has 0 amide bonds. The Bertz CT molecular complexity index is 318. The fraction of sp³-hybridized carbons (Fsp3) is 0.444. The highest BCUT2D eigenvalue weighted by molar-refractivity contribution is 6.58. The Kier molecular flexibility index (Phi) is 3.60. The standard InChI is InChI=1S/C9H13BFNO2/c1-6(2)5-7-3-4-8(10(13)14)9(11)12-7/h3-4,6,13-14H,5H2,1-2H3. The first-order valence-electron chi connectivity index (χ1n) is 4.52. The minimum atomic E-state index is -1.80. The summed E-state index contributed by atoms with van der Waals surface area (Å²) in [5.74, 6) is -0.412. The number of pyridine rings is 1. The number of aromatic nitrogens is 1. The molecule has 2 N–H and O–H groups in total.